The summed E-state index contributed by atoms with van der Waals surface area (Å²) in [5.74, 6) is 0.936. The lowest BCUT2D eigenvalue weighted by Crippen LogP contribution is -2.43. The van der Waals surface area contributed by atoms with Gasteiger partial charge in [0.05, 0.1) is 6.54 Å². The molecule has 0 aromatic rings. The van der Waals surface area contributed by atoms with Crippen LogP contribution in [-0.4, -0.2) is 51.1 Å². The molecule has 0 saturated heterocycles. The molecule has 0 bridgehead atoms. The highest BCUT2D eigenvalue weighted by atomic mass is 16.1. The van der Waals surface area contributed by atoms with Crippen molar-refractivity contribution in [3.63, 3.8) is 0 Å². The van der Waals surface area contributed by atoms with E-state index in [1.54, 1.807) is 0 Å². The van der Waals surface area contributed by atoms with E-state index < -0.39 is 0 Å². The molecular formula is C13H27N3O. The molecule has 0 unspecified atom stereocenters. The summed E-state index contributed by atoms with van der Waals surface area (Å²) < 4.78 is 0. The highest BCUT2D eigenvalue weighted by Crippen LogP contribution is 2.27. The van der Waals surface area contributed by atoms with Gasteiger partial charge in [0.15, 0.2) is 0 Å². The predicted molar refractivity (Wildman–Crippen MR) is 70.9 cm³/mol. The third-order valence-corrected chi connectivity index (χ3v) is 2.92. The fourth-order valence-corrected chi connectivity index (χ4v) is 2.02. The van der Waals surface area contributed by atoms with Crippen LogP contribution in [0.15, 0.2) is 0 Å². The van der Waals surface area contributed by atoms with E-state index in [2.05, 4.69) is 43.5 Å². The molecule has 1 amide bonds. The normalized spacial score (nSPS) is 16.3. The molecule has 0 aliphatic heterocycles. The van der Waals surface area contributed by atoms with E-state index in [-0.39, 0.29) is 11.3 Å². The third kappa shape index (κ3) is 7.34. The van der Waals surface area contributed by atoms with Crippen molar-refractivity contribution in [2.75, 3.05) is 40.3 Å². The molecule has 0 spiro atoms. The molecule has 1 aliphatic rings. The zero-order chi connectivity index (χ0) is 12.9. The highest BCUT2D eigenvalue weighted by molar-refractivity contribution is 5.78. The first-order valence-electron chi connectivity index (χ1n) is 6.51. The van der Waals surface area contributed by atoms with Crippen LogP contribution < -0.4 is 10.6 Å². The van der Waals surface area contributed by atoms with E-state index in [4.69, 9.17) is 0 Å². The zero-order valence-electron chi connectivity index (χ0n) is 11.7. The first-order valence-corrected chi connectivity index (χ1v) is 6.51. The average molecular weight is 241 g/mol. The van der Waals surface area contributed by atoms with Gasteiger partial charge in [-0.2, -0.15) is 0 Å². The molecule has 1 rings (SSSR count). The van der Waals surface area contributed by atoms with Crippen molar-refractivity contribution in [3.05, 3.63) is 0 Å². The highest BCUT2D eigenvalue weighted by Gasteiger charge is 2.21. The minimum absolute atomic E-state index is 0.109. The molecule has 1 saturated carbocycles. The Morgan fingerprint density at radius 3 is 2.53 bits per heavy atom. The maximum atomic E-state index is 11.6. The second-order valence-corrected chi connectivity index (χ2v) is 6.25. The maximum absolute atomic E-state index is 11.6. The lowest BCUT2D eigenvalue weighted by molar-refractivity contribution is -0.120. The summed E-state index contributed by atoms with van der Waals surface area (Å²) in [5.41, 5.74) is 0.121. The molecule has 100 valence electrons. The second-order valence-electron chi connectivity index (χ2n) is 6.25. The van der Waals surface area contributed by atoms with Crippen molar-refractivity contribution in [1.82, 2.24) is 15.5 Å². The van der Waals surface area contributed by atoms with Crippen LogP contribution in [0.5, 0.6) is 0 Å². The van der Waals surface area contributed by atoms with Crippen LogP contribution in [0.25, 0.3) is 0 Å². The fourth-order valence-electron chi connectivity index (χ4n) is 2.02. The summed E-state index contributed by atoms with van der Waals surface area (Å²) in [6.07, 6.45) is 2.65. The first-order chi connectivity index (χ1) is 7.89. The molecule has 0 aromatic heterocycles. The summed E-state index contributed by atoms with van der Waals surface area (Å²) in [6.45, 7) is 7.50. The number of carbonyl (C=O) groups excluding carboxylic acids is 1. The quantitative estimate of drug-likeness (QED) is 0.657. The molecule has 1 fully saturated rings. The van der Waals surface area contributed by atoms with Gasteiger partial charge < -0.3 is 15.5 Å². The van der Waals surface area contributed by atoms with Crippen LogP contribution in [0.3, 0.4) is 0 Å². The van der Waals surface area contributed by atoms with E-state index in [1.165, 1.54) is 12.8 Å². The molecule has 4 heteroatoms. The molecule has 0 atom stereocenters. The lowest BCUT2D eigenvalue weighted by Gasteiger charge is -2.28. The van der Waals surface area contributed by atoms with E-state index in [9.17, 15) is 4.79 Å². The summed E-state index contributed by atoms with van der Waals surface area (Å²) in [6, 6.07) is 0. The van der Waals surface area contributed by atoms with Gasteiger partial charge in [-0.3, -0.25) is 4.79 Å². The van der Waals surface area contributed by atoms with Gasteiger partial charge in [0, 0.05) is 13.1 Å². The van der Waals surface area contributed by atoms with Crippen LogP contribution in [0.2, 0.25) is 0 Å². The van der Waals surface area contributed by atoms with Crippen molar-refractivity contribution >= 4 is 5.91 Å². The number of rotatable bonds is 8. The Labute approximate surface area is 105 Å². The van der Waals surface area contributed by atoms with E-state index in [1.807, 2.05) is 0 Å². The standard InChI is InChI=1S/C13H27N3O/c1-13(2,10-16(3)4)9-15-12(17)8-14-7-11-5-6-11/h11,14H,5-10H2,1-4H3,(H,15,17). The Hall–Kier alpha value is -0.610. The zero-order valence-corrected chi connectivity index (χ0v) is 11.7. The van der Waals surface area contributed by atoms with Gasteiger partial charge in [0.1, 0.15) is 0 Å². The minimum Gasteiger partial charge on any atom is -0.354 e. The molecular weight excluding hydrogens is 214 g/mol. The van der Waals surface area contributed by atoms with Gasteiger partial charge in [-0.05, 0) is 44.8 Å². The monoisotopic (exact) mass is 241 g/mol. The summed E-state index contributed by atoms with van der Waals surface area (Å²) in [5, 5.41) is 6.20. The predicted octanol–water partition coefficient (Wildman–Crippen LogP) is 0.690. The Bertz CT molecular complexity index is 247. The third-order valence-electron chi connectivity index (χ3n) is 2.92. The Balaban J connectivity index is 2.08. The SMILES string of the molecule is CN(C)CC(C)(C)CNC(=O)CNCC1CC1. The van der Waals surface area contributed by atoms with Gasteiger partial charge in [-0.15, -0.1) is 0 Å². The summed E-state index contributed by atoms with van der Waals surface area (Å²) in [7, 11) is 4.11. The van der Waals surface area contributed by atoms with E-state index >= 15 is 0 Å². The van der Waals surface area contributed by atoms with Crippen LogP contribution in [0.4, 0.5) is 0 Å². The largest absolute Gasteiger partial charge is 0.354 e. The van der Waals surface area contributed by atoms with Crippen molar-refractivity contribution in [2.24, 2.45) is 11.3 Å². The number of hydrogen-bond donors (Lipinski definition) is 2. The molecule has 0 heterocycles. The number of carbonyl (C=O) groups is 1. The number of hydrogen-bond acceptors (Lipinski definition) is 3. The van der Waals surface area contributed by atoms with Gasteiger partial charge in [0.2, 0.25) is 5.91 Å². The van der Waals surface area contributed by atoms with Crippen molar-refractivity contribution in [3.8, 4) is 0 Å². The molecule has 0 aromatic carbocycles. The van der Waals surface area contributed by atoms with Crippen molar-refractivity contribution in [2.45, 2.75) is 26.7 Å². The lowest BCUT2D eigenvalue weighted by atomic mass is 9.93. The van der Waals surface area contributed by atoms with Gasteiger partial charge >= 0.3 is 0 Å². The van der Waals surface area contributed by atoms with Crippen LogP contribution in [-0.2, 0) is 4.79 Å². The van der Waals surface area contributed by atoms with Crippen LogP contribution >= 0.6 is 0 Å². The second kappa shape index (κ2) is 6.36. The molecule has 1 aliphatic carbocycles. The number of nitrogens with one attached hydrogen (secondary N) is 2. The molecule has 17 heavy (non-hydrogen) atoms. The van der Waals surface area contributed by atoms with Gasteiger partial charge in [-0.25, -0.2) is 0 Å². The van der Waals surface area contributed by atoms with E-state index in [0.29, 0.717) is 6.54 Å². The van der Waals surface area contributed by atoms with Crippen molar-refractivity contribution < 1.29 is 4.79 Å². The minimum atomic E-state index is 0.109. The van der Waals surface area contributed by atoms with Gasteiger partial charge in [-0.1, -0.05) is 13.8 Å². The number of nitrogens with zero attached hydrogens (tertiary/aromatic N) is 1. The Morgan fingerprint density at radius 2 is 2.00 bits per heavy atom. The summed E-state index contributed by atoms with van der Waals surface area (Å²) >= 11 is 0. The van der Waals surface area contributed by atoms with E-state index in [0.717, 1.165) is 25.6 Å². The number of amides is 1. The van der Waals surface area contributed by atoms with Crippen LogP contribution in [0.1, 0.15) is 26.7 Å². The van der Waals surface area contributed by atoms with Gasteiger partial charge in [0.25, 0.3) is 0 Å². The molecule has 4 nitrogen and oxygen atoms in total. The maximum Gasteiger partial charge on any atom is 0.233 e. The Morgan fingerprint density at radius 1 is 1.35 bits per heavy atom. The van der Waals surface area contributed by atoms with Crippen molar-refractivity contribution in [1.29, 1.82) is 0 Å². The smallest absolute Gasteiger partial charge is 0.233 e. The average Bonchev–Trinajstić information content (AvgIpc) is 2.97. The summed E-state index contributed by atoms with van der Waals surface area (Å²) in [4.78, 5) is 13.7. The van der Waals surface area contributed by atoms with Crippen LogP contribution in [0, 0.1) is 11.3 Å². The molecule has 0 radical (unpaired) electrons. The molecule has 2 N–H and O–H groups in total. The topological polar surface area (TPSA) is 44.4 Å². The fraction of sp³-hybridized carbons (Fsp3) is 0.923. The Kier molecular flexibility index (Phi) is 5.40. The first kappa shape index (κ1) is 14.5.